The van der Waals surface area contributed by atoms with E-state index in [1.807, 2.05) is 79.9 Å². The molecule has 0 bridgehead atoms. The van der Waals surface area contributed by atoms with Crippen LogP contribution < -0.4 is 34.9 Å². The van der Waals surface area contributed by atoms with E-state index in [1.165, 1.54) is 16.2 Å². The van der Waals surface area contributed by atoms with Gasteiger partial charge in [-0.25, -0.2) is 23.2 Å². The first kappa shape index (κ1) is 50.4. The molecule has 2 saturated carbocycles. The van der Waals surface area contributed by atoms with Crippen molar-refractivity contribution in [1.82, 2.24) is 30.2 Å². The summed E-state index contributed by atoms with van der Waals surface area (Å²) in [6, 6.07) is 11.9. The molecule has 6 atom stereocenters. The third-order valence-corrected chi connectivity index (χ3v) is 15.7. The Morgan fingerprint density at radius 1 is 0.957 bits per heavy atom. The molecule has 4 amide bonds. The van der Waals surface area contributed by atoms with Crippen LogP contribution in [0, 0.1) is 5.92 Å². The van der Waals surface area contributed by atoms with Gasteiger partial charge in [-0.1, -0.05) is 37.1 Å². The summed E-state index contributed by atoms with van der Waals surface area (Å²) in [7, 11) is -0.800. The second kappa shape index (κ2) is 20.8. The van der Waals surface area contributed by atoms with Gasteiger partial charge in [0.2, 0.25) is 21.8 Å². The molecule has 4 unspecified atom stereocenters. The van der Waals surface area contributed by atoms with E-state index in [9.17, 15) is 18.0 Å². The number of nitrogens with zero attached hydrogens (tertiary/aromatic N) is 3. The highest BCUT2D eigenvalue weighted by molar-refractivity contribution is 7.91. The highest BCUT2D eigenvalue weighted by Gasteiger charge is 2.62. The van der Waals surface area contributed by atoms with Crippen LogP contribution in [0.3, 0.4) is 0 Å². The van der Waals surface area contributed by atoms with Crippen LogP contribution in [0.1, 0.15) is 104 Å². The summed E-state index contributed by atoms with van der Waals surface area (Å²) in [5, 5.41) is 11.8. The number of amides is 4. The number of carbonyl (C=O) groups is 4. The number of allylic oxidation sites excluding steroid dienone is 1. The van der Waals surface area contributed by atoms with E-state index in [4.69, 9.17) is 28.9 Å². The van der Waals surface area contributed by atoms with Gasteiger partial charge < -0.3 is 39.8 Å². The fourth-order valence-corrected chi connectivity index (χ4v) is 11.5. The highest BCUT2D eigenvalue weighted by atomic mass is 32.2. The molecule has 3 fully saturated rings. The van der Waals surface area contributed by atoms with Crippen molar-refractivity contribution in [3.05, 3.63) is 71.6 Å². The minimum atomic E-state index is -3.97. The lowest BCUT2D eigenvalue weighted by atomic mass is 10.00. The van der Waals surface area contributed by atoms with Crippen molar-refractivity contribution in [2.45, 2.75) is 152 Å². The third-order valence-electron chi connectivity index (χ3n) is 13.1. The molecule has 4 heterocycles. The summed E-state index contributed by atoms with van der Waals surface area (Å²) in [6.07, 6.45) is 7.05. The molecule has 4 aromatic rings. The van der Waals surface area contributed by atoms with E-state index < -0.39 is 80.4 Å². The van der Waals surface area contributed by atoms with E-state index in [0.717, 1.165) is 23.5 Å². The molecule has 2 aliphatic heterocycles. The lowest BCUT2D eigenvalue weighted by Crippen LogP contribution is -2.60. The van der Waals surface area contributed by atoms with Crippen molar-refractivity contribution >= 4 is 61.2 Å². The smallest absolute Gasteiger partial charge is 0.408 e. The van der Waals surface area contributed by atoms with Crippen LogP contribution in [-0.4, -0.2) is 108 Å². The van der Waals surface area contributed by atoms with Crippen molar-refractivity contribution in [3.8, 4) is 28.6 Å². The molecule has 1 saturated heterocycles. The summed E-state index contributed by atoms with van der Waals surface area (Å²) in [6.45, 7) is 9.28. The molecular formula is C51H65N7O10S2. The average Bonchev–Trinajstić information content (AvgIpc) is 4.21. The number of rotatable bonds is 14. The maximum Gasteiger partial charge on any atom is 0.408 e. The monoisotopic (exact) mass is 999 g/mol. The van der Waals surface area contributed by atoms with Crippen molar-refractivity contribution in [3.63, 3.8) is 0 Å². The number of aromatic nitrogens is 2. The number of ether oxygens (including phenoxy) is 4. The fourth-order valence-electron chi connectivity index (χ4n) is 9.31. The molecule has 70 heavy (non-hydrogen) atoms. The normalized spacial score (nSPS) is 24.6. The number of aryl methyl sites for hydroxylation is 1. The molecule has 19 heteroatoms. The first-order chi connectivity index (χ1) is 33.4. The quantitative estimate of drug-likeness (QED) is 0.0905. The van der Waals surface area contributed by atoms with Crippen LogP contribution in [0.25, 0.3) is 22.3 Å². The van der Waals surface area contributed by atoms with Crippen LogP contribution in [0.4, 0.5) is 9.93 Å². The first-order valence-electron chi connectivity index (χ1n) is 24.2. The first-order valence-corrected chi connectivity index (χ1v) is 26.7. The number of sulfonamides is 1. The summed E-state index contributed by atoms with van der Waals surface area (Å²) in [5.41, 5.74) is 0.215. The predicted molar refractivity (Wildman–Crippen MR) is 267 cm³/mol. The number of thiazole rings is 1. The van der Waals surface area contributed by atoms with E-state index in [1.54, 1.807) is 35.0 Å². The lowest BCUT2D eigenvalue weighted by molar-refractivity contribution is -0.143. The highest BCUT2D eigenvalue weighted by Crippen LogP contribution is 2.47. The summed E-state index contributed by atoms with van der Waals surface area (Å²) < 4.78 is 52.6. The molecule has 2 aliphatic carbocycles. The van der Waals surface area contributed by atoms with E-state index in [2.05, 4.69) is 20.7 Å². The Labute approximate surface area is 413 Å². The van der Waals surface area contributed by atoms with Gasteiger partial charge in [0.1, 0.15) is 52.3 Å². The molecule has 376 valence electrons. The van der Waals surface area contributed by atoms with Gasteiger partial charge in [0.25, 0.3) is 5.91 Å². The number of alkyl carbamates (subject to hydrolysis) is 1. The molecule has 8 rings (SSSR count). The van der Waals surface area contributed by atoms with Gasteiger partial charge in [-0.2, -0.15) is 0 Å². The maximum absolute atomic E-state index is 15.6. The topological polar surface area (TPSA) is 216 Å². The zero-order chi connectivity index (χ0) is 50.0. The summed E-state index contributed by atoms with van der Waals surface area (Å²) in [4.78, 5) is 70.0. The number of benzene rings is 2. The van der Waals surface area contributed by atoms with Gasteiger partial charge in [-0.3, -0.25) is 19.1 Å². The minimum Gasteiger partial charge on any atom is -0.497 e. The predicted octanol–water partition coefficient (Wildman–Crippen LogP) is 7.44. The number of pyridine rings is 1. The summed E-state index contributed by atoms with van der Waals surface area (Å²) >= 11 is 1.45. The van der Waals surface area contributed by atoms with E-state index in [0.29, 0.717) is 78.1 Å². The Morgan fingerprint density at radius 2 is 1.70 bits per heavy atom. The lowest BCUT2D eigenvalue weighted by Gasteiger charge is -2.35. The maximum atomic E-state index is 15.6. The van der Waals surface area contributed by atoms with Crippen LogP contribution in [0.5, 0.6) is 17.2 Å². The Morgan fingerprint density at radius 3 is 2.40 bits per heavy atom. The minimum absolute atomic E-state index is 0.0168. The Hall–Kier alpha value is -5.95. The Balaban J connectivity index is 1.23. The SMILES string of the molecule is COc1ccc(CC[C@H]2[C@H](Oc3cc(-c4csc(NC(C)C)n4)nc4cc(OC)ccc34)CC3C(=O)NC4(C(=O)NS(=O)(=O)C5CC5)CC4/C=C\CCCCCC(NC(=O)OC(C)(C)C)C(=O)N32)cc1. The van der Waals surface area contributed by atoms with Crippen LogP contribution in [-0.2, 0) is 35.6 Å². The van der Waals surface area contributed by atoms with Gasteiger partial charge in [0.05, 0.1) is 36.7 Å². The average molecular weight is 1000 g/mol. The summed E-state index contributed by atoms with van der Waals surface area (Å²) in [5.74, 6) is -0.759. The number of carbonyl (C=O) groups excluding carboxylic acids is 4. The Bertz CT molecular complexity index is 2720. The van der Waals surface area contributed by atoms with Crippen molar-refractivity contribution in [2.75, 3.05) is 19.5 Å². The standard InChI is InChI=1S/C51H65N7O10S2/c1-30(2)52-48-54-40(29-69-48)39-26-43(36-23-20-34(66-7)25-38(36)53-39)67-44-27-42-45(59)56-51(47(61)57-70(63,64)35-21-22-35)28-32(51)13-11-9-8-10-12-14-37(55-49(62)68-50(3,4)5)46(60)58(42)41(44)24-17-31-15-18-33(65-6)19-16-31/h11,13,15-16,18-20,23,25-26,29-30,32,35,37,41-42,44H,8-10,12,14,17,21-22,24,27-28H2,1-7H3,(H,52,54)(H,55,62)(H,56,59)(H,57,61)/b13-11-/t32?,37?,41-,42?,44+,51?/m0/s1. The van der Waals surface area contributed by atoms with Gasteiger partial charge >= 0.3 is 6.09 Å². The van der Waals surface area contributed by atoms with Crippen LogP contribution >= 0.6 is 11.3 Å². The van der Waals surface area contributed by atoms with Gasteiger partial charge in [0, 0.05) is 41.3 Å². The third kappa shape index (κ3) is 11.8. The van der Waals surface area contributed by atoms with Crippen molar-refractivity contribution in [2.24, 2.45) is 5.92 Å². The molecule has 2 aromatic heterocycles. The molecule has 4 N–H and O–H groups in total. The number of nitrogens with one attached hydrogen (secondary N) is 4. The zero-order valence-corrected chi connectivity index (χ0v) is 42.5. The number of fused-ring (bicyclic) bond motifs is 3. The number of anilines is 1. The molecule has 2 aromatic carbocycles. The van der Waals surface area contributed by atoms with Crippen molar-refractivity contribution < 1.29 is 46.5 Å². The number of hydrogen-bond donors (Lipinski definition) is 4. The second-order valence-electron chi connectivity index (χ2n) is 20.0. The molecule has 4 aliphatic rings. The molecule has 17 nitrogen and oxygen atoms in total. The van der Waals surface area contributed by atoms with Crippen LogP contribution in [0.2, 0.25) is 0 Å². The number of hydrogen-bond acceptors (Lipinski definition) is 14. The molecule has 0 spiro atoms. The van der Waals surface area contributed by atoms with Crippen molar-refractivity contribution in [1.29, 1.82) is 0 Å². The van der Waals surface area contributed by atoms with E-state index in [-0.39, 0.29) is 25.3 Å². The van der Waals surface area contributed by atoms with E-state index >= 15 is 9.59 Å². The fraction of sp³-hybridized carbons (Fsp3) is 0.529. The largest absolute Gasteiger partial charge is 0.497 e. The Kier molecular flexibility index (Phi) is 15.0. The number of methoxy groups -OCH3 is 2. The molecular weight excluding hydrogens is 935 g/mol. The molecule has 0 radical (unpaired) electrons. The second-order valence-corrected chi connectivity index (χ2v) is 22.9. The van der Waals surface area contributed by atoms with Gasteiger partial charge in [0.15, 0.2) is 5.13 Å². The zero-order valence-electron chi connectivity index (χ0n) is 40.9. The van der Waals surface area contributed by atoms with Gasteiger partial charge in [-0.05, 0) is 116 Å². The van der Waals surface area contributed by atoms with Gasteiger partial charge in [-0.15, -0.1) is 11.3 Å². The van der Waals surface area contributed by atoms with Crippen LogP contribution in [0.15, 0.2) is 66.1 Å².